The predicted molar refractivity (Wildman–Crippen MR) is 91.1 cm³/mol. The molecule has 0 amide bonds. The van der Waals surface area contributed by atoms with Crippen LogP contribution in [0.5, 0.6) is 0 Å². The Hall–Kier alpha value is 0.575. The van der Waals surface area contributed by atoms with Crippen LogP contribution in [0.1, 0.15) is 47.0 Å². The van der Waals surface area contributed by atoms with Crippen molar-refractivity contribution in [3.8, 4) is 0 Å². The van der Waals surface area contributed by atoms with Crippen molar-refractivity contribution in [1.29, 1.82) is 0 Å². The molecule has 1 saturated heterocycles. The van der Waals surface area contributed by atoms with Gasteiger partial charge in [-0.2, -0.15) is 0 Å². The van der Waals surface area contributed by atoms with Crippen LogP contribution in [0, 0.1) is 0 Å². The lowest BCUT2D eigenvalue weighted by molar-refractivity contribution is -0.0425. The van der Waals surface area contributed by atoms with E-state index in [2.05, 4.69) is 15.9 Å². The number of hydrogen-bond donors (Lipinski definition) is 3. The summed E-state index contributed by atoms with van der Waals surface area (Å²) in [5.74, 6) is 0. The highest BCUT2D eigenvalue weighted by molar-refractivity contribution is 9.09. The molecule has 3 N–H and O–H groups in total. The summed E-state index contributed by atoms with van der Waals surface area (Å²) in [6, 6.07) is -0.152. The minimum Gasteiger partial charge on any atom is -0.389 e. The largest absolute Gasteiger partial charge is 0.389 e. The van der Waals surface area contributed by atoms with Crippen LogP contribution in [0.4, 0.5) is 0 Å². The maximum atomic E-state index is 12.4. The molecule has 22 heavy (non-hydrogen) atoms. The van der Waals surface area contributed by atoms with Gasteiger partial charge in [0.05, 0.1) is 22.6 Å². The van der Waals surface area contributed by atoms with Gasteiger partial charge >= 0.3 is 7.60 Å². The molecule has 9 heteroatoms. The fourth-order valence-electron chi connectivity index (χ4n) is 2.35. The first kappa shape index (κ1) is 20.6. The highest BCUT2D eigenvalue weighted by atomic mass is 79.9. The minimum atomic E-state index is -4.23. The number of alkyl halides is 1. The third-order valence-electron chi connectivity index (χ3n) is 4.55. The topological polar surface area (TPSA) is 96.2 Å². The van der Waals surface area contributed by atoms with Crippen LogP contribution in [-0.4, -0.2) is 56.9 Å². The van der Waals surface area contributed by atoms with E-state index >= 15 is 0 Å². The lowest BCUT2D eigenvalue weighted by atomic mass is 9.91. The molecule has 0 bridgehead atoms. The average molecular weight is 401 g/mol. The zero-order chi connectivity index (χ0) is 17.3. The second-order valence-corrected chi connectivity index (χ2v) is 9.75. The van der Waals surface area contributed by atoms with Crippen molar-refractivity contribution < 1.29 is 28.9 Å². The lowest BCUT2D eigenvalue weighted by Crippen LogP contribution is -2.39. The Labute approximate surface area is 141 Å². The van der Waals surface area contributed by atoms with Gasteiger partial charge in [-0.1, -0.05) is 29.8 Å². The molecule has 0 radical (unpaired) electrons. The Morgan fingerprint density at radius 2 is 1.91 bits per heavy atom. The van der Waals surface area contributed by atoms with Gasteiger partial charge in [0.15, 0.2) is 5.34 Å². The maximum Gasteiger partial charge on any atom is 0.359 e. The lowest BCUT2D eigenvalue weighted by Gasteiger charge is -2.37. The minimum absolute atomic E-state index is 0.101. The molecule has 7 atom stereocenters. The molecule has 6 nitrogen and oxygen atoms in total. The van der Waals surface area contributed by atoms with Crippen LogP contribution >= 0.6 is 23.5 Å². The predicted octanol–water partition coefficient (Wildman–Crippen LogP) is 1.35. The van der Waals surface area contributed by atoms with Gasteiger partial charge in [0.2, 0.25) is 0 Å². The SMILES string of the molecule is B[C@@H]1O[C@H](CC(C)(CC)OP(=O)(O)C(C)(O)CC)[C@@H](O)[C@H]1Br. The van der Waals surface area contributed by atoms with E-state index in [9.17, 15) is 19.7 Å². The molecule has 3 unspecified atom stereocenters. The highest BCUT2D eigenvalue weighted by Gasteiger charge is 2.49. The van der Waals surface area contributed by atoms with Gasteiger partial charge in [-0.15, -0.1) is 0 Å². The van der Waals surface area contributed by atoms with Gasteiger partial charge in [-0.05, 0) is 26.7 Å². The Morgan fingerprint density at radius 1 is 1.36 bits per heavy atom. The van der Waals surface area contributed by atoms with Gasteiger partial charge in [0.25, 0.3) is 0 Å². The van der Waals surface area contributed by atoms with Gasteiger partial charge < -0.3 is 24.4 Å². The van der Waals surface area contributed by atoms with E-state index < -0.39 is 30.7 Å². The van der Waals surface area contributed by atoms with Crippen LogP contribution in [0.2, 0.25) is 0 Å². The Balaban J connectivity index is 2.87. The third kappa shape index (κ3) is 4.35. The van der Waals surface area contributed by atoms with Gasteiger partial charge in [0.1, 0.15) is 7.85 Å². The van der Waals surface area contributed by atoms with Crippen molar-refractivity contribution in [3.05, 3.63) is 0 Å². The Kier molecular flexibility index (Phi) is 6.76. The molecule has 0 spiro atoms. The standard InChI is InChI=1S/C13H27BBrO6P/c1-5-12(3,21-22(18,19)13(4,17)6-2)7-8-10(16)9(15)11(14)20-8/h8-11,16-17H,5-7,14H2,1-4H3,(H,18,19)/t8-,9-,10-,11-,12?,13?/m1/s1. The van der Waals surface area contributed by atoms with E-state index in [1.54, 1.807) is 13.8 Å². The average Bonchev–Trinajstić information content (AvgIpc) is 2.65. The first-order valence-corrected chi connectivity index (χ1v) is 10.1. The molecule has 0 aliphatic carbocycles. The summed E-state index contributed by atoms with van der Waals surface area (Å²) in [4.78, 5) is 9.94. The van der Waals surface area contributed by atoms with E-state index in [0.29, 0.717) is 6.42 Å². The summed E-state index contributed by atoms with van der Waals surface area (Å²) in [5.41, 5.74) is -0.980. The number of rotatable bonds is 7. The second kappa shape index (κ2) is 7.22. The molecular weight excluding hydrogens is 374 g/mol. The monoisotopic (exact) mass is 400 g/mol. The number of aliphatic hydroxyl groups is 2. The third-order valence-corrected chi connectivity index (χ3v) is 8.06. The Bertz CT molecular complexity index is 437. The smallest absolute Gasteiger partial charge is 0.359 e. The van der Waals surface area contributed by atoms with E-state index in [1.807, 2.05) is 14.8 Å². The molecular formula is C13H27BBrO6P. The number of hydrogen-bond acceptors (Lipinski definition) is 5. The van der Waals surface area contributed by atoms with Crippen molar-refractivity contribution >= 4 is 31.4 Å². The molecule has 0 aromatic rings. The van der Waals surface area contributed by atoms with Crippen molar-refractivity contribution in [3.63, 3.8) is 0 Å². The molecule has 1 heterocycles. The van der Waals surface area contributed by atoms with Crippen LogP contribution in [0.15, 0.2) is 0 Å². The number of ether oxygens (including phenoxy) is 1. The van der Waals surface area contributed by atoms with Crippen molar-refractivity contribution in [2.24, 2.45) is 0 Å². The summed E-state index contributed by atoms with van der Waals surface area (Å²) < 4.78 is 23.6. The first-order valence-electron chi connectivity index (χ1n) is 7.62. The van der Waals surface area contributed by atoms with Crippen LogP contribution in [0.3, 0.4) is 0 Å². The van der Waals surface area contributed by atoms with E-state index in [4.69, 9.17) is 9.26 Å². The molecule has 0 saturated carbocycles. The summed E-state index contributed by atoms with van der Waals surface area (Å²) in [6.07, 6.45) is -0.388. The normalized spacial score (nSPS) is 37.3. The summed E-state index contributed by atoms with van der Waals surface area (Å²) in [5, 5.41) is 18.5. The van der Waals surface area contributed by atoms with Gasteiger partial charge in [-0.25, -0.2) is 0 Å². The quantitative estimate of drug-likeness (QED) is 0.339. The maximum absolute atomic E-state index is 12.4. The van der Waals surface area contributed by atoms with E-state index in [1.165, 1.54) is 6.92 Å². The number of halogens is 1. The van der Waals surface area contributed by atoms with Crippen LogP contribution in [0.25, 0.3) is 0 Å². The van der Waals surface area contributed by atoms with Crippen molar-refractivity contribution in [2.75, 3.05) is 0 Å². The Morgan fingerprint density at radius 3 is 2.27 bits per heavy atom. The molecule has 1 rings (SSSR count). The summed E-state index contributed by atoms with van der Waals surface area (Å²) in [7, 11) is -2.38. The molecule has 0 aromatic heterocycles. The molecule has 130 valence electrons. The molecule has 1 fully saturated rings. The zero-order valence-electron chi connectivity index (χ0n) is 13.8. The van der Waals surface area contributed by atoms with Crippen LogP contribution in [-0.2, 0) is 13.8 Å². The number of aliphatic hydroxyl groups excluding tert-OH is 1. The fraction of sp³-hybridized carbons (Fsp3) is 1.00. The van der Waals surface area contributed by atoms with Gasteiger partial charge in [0, 0.05) is 12.4 Å². The molecule has 1 aliphatic heterocycles. The van der Waals surface area contributed by atoms with Crippen LogP contribution < -0.4 is 0 Å². The second-order valence-electron chi connectivity index (χ2n) is 6.50. The fourth-order valence-corrected chi connectivity index (χ4v) is 4.21. The molecule has 1 aliphatic rings. The summed E-state index contributed by atoms with van der Waals surface area (Å²) in [6.45, 7) is 6.44. The zero-order valence-corrected chi connectivity index (χ0v) is 16.3. The van der Waals surface area contributed by atoms with Crippen molar-refractivity contribution in [2.45, 2.75) is 80.9 Å². The van der Waals surface area contributed by atoms with E-state index in [0.717, 1.165) is 0 Å². The van der Waals surface area contributed by atoms with Crippen molar-refractivity contribution in [1.82, 2.24) is 0 Å². The first-order chi connectivity index (χ1) is 9.89. The summed E-state index contributed by atoms with van der Waals surface area (Å²) >= 11 is 3.38. The molecule has 0 aromatic carbocycles. The van der Waals surface area contributed by atoms with Gasteiger partial charge in [-0.3, -0.25) is 4.57 Å². The highest BCUT2D eigenvalue weighted by Crippen LogP contribution is 2.59. The van der Waals surface area contributed by atoms with E-state index in [-0.39, 0.29) is 23.7 Å².